The molecule has 0 aliphatic carbocycles. The van der Waals surface area contributed by atoms with E-state index in [1.165, 1.54) is 18.9 Å². The molecule has 32 heavy (non-hydrogen) atoms. The Hall–Kier alpha value is -2.45. The van der Waals surface area contributed by atoms with Crippen LogP contribution in [0.1, 0.15) is 52.5 Å². The lowest BCUT2D eigenvalue weighted by atomic mass is 9.84. The van der Waals surface area contributed by atoms with Gasteiger partial charge in [0, 0.05) is 13.0 Å². The molecule has 0 radical (unpaired) electrons. The third kappa shape index (κ3) is 6.53. The number of Topliss-reactive ketones (excluding diaryl/α,β-unsaturated/α-hetero) is 1. The van der Waals surface area contributed by atoms with E-state index in [9.17, 15) is 19.5 Å². The number of methoxy groups -OCH3 is 1. The smallest absolute Gasteiger partial charge is 0.411 e. The van der Waals surface area contributed by atoms with Crippen LogP contribution in [0.3, 0.4) is 0 Å². The van der Waals surface area contributed by atoms with Crippen LogP contribution in [0.15, 0.2) is 30.3 Å². The van der Waals surface area contributed by atoms with E-state index >= 15 is 0 Å². The van der Waals surface area contributed by atoms with Crippen LogP contribution in [0.25, 0.3) is 0 Å². The zero-order valence-electron chi connectivity index (χ0n) is 19.6. The van der Waals surface area contributed by atoms with E-state index in [1.54, 1.807) is 20.8 Å². The summed E-state index contributed by atoms with van der Waals surface area (Å²) in [6.45, 7) is 7.30. The van der Waals surface area contributed by atoms with Crippen LogP contribution in [-0.4, -0.2) is 65.4 Å². The van der Waals surface area contributed by atoms with Crippen LogP contribution in [0, 0.1) is 5.92 Å². The molecular formula is C24H35NO7. The Bertz CT molecular complexity index is 787. The Labute approximate surface area is 189 Å². The third-order valence-corrected chi connectivity index (χ3v) is 5.57. The summed E-state index contributed by atoms with van der Waals surface area (Å²) in [5.41, 5.74) is -1.07. The molecule has 8 nitrogen and oxygen atoms in total. The number of ketones is 1. The molecule has 1 aliphatic rings. The normalized spacial score (nSPS) is 20.5. The van der Waals surface area contributed by atoms with E-state index in [2.05, 4.69) is 0 Å². The molecule has 1 aromatic rings. The Morgan fingerprint density at radius 3 is 2.41 bits per heavy atom. The van der Waals surface area contributed by atoms with Crippen molar-refractivity contribution in [2.45, 2.75) is 70.8 Å². The third-order valence-electron chi connectivity index (χ3n) is 5.57. The van der Waals surface area contributed by atoms with E-state index in [-0.39, 0.29) is 25.4 Å². The summed E-state index contributed by atoms with van der Waals surface area (Å²) in [6.07, 6.45) is -0.966. The van der Waals surface area contributed by atoms with Crippen LogP contribution in [0.4, 0.5) is 4.79 Å². The largest absolute Gasteiger partial charge is 0.469 e. The maximum atomic E-state index is 13.6. The fourth-order valence-electron chi connectivity index (χ4n) is 3.89. The van der Waals surface area contributed by atoms with E-state index in [4.69, 9.17) is 14.2 Å². The molecular weight excluding hydrogens is 414 g/mol. The van der Waals surface area contributed by atoms with Gasteiger partial charge in [-0.15, -0.1) is 0 Å². The highest BCUT2D eigenvalue weighted by Crippen LogP contribution is 2.35. The second-order valence-electron chi connectivity index (χ2n) is 9.24. The summed E-state index contributed by atoms with van der Waals surface area (Å²) in [5, 5.41) is 10.1. The Balaban J connectivity index is 2.29. The minimum absolute atomic E-state index is 0.0341. The molecule has 1 N–H and O–H groups in total. The van der Waals surface area contributed by atoms with Crippen LogP contribution in [0.5, 0.6) is 0 Å². The van der Waals surface area contributed by atoms with Crippen LogP contribution in [0.2, 0.25) is 0 Å². The molecule has 1 fully saturated rings. The summed E-state index contributed by atoms with van der Waals surface area (Å²) >= 11 is 0. The minimum atomic E-state index is -1.28. The standard InChI is InChI=1S/C24H35NO7/c1-17(26)19(21(28)30-5)14-20(27)24(16-31-15-18-10-7-6-8-11-18)12-9-13-25(24)22(29)32-23(2,3)4/h6-8,10-11,17,19,26H,9,12-16H2,1-5H3/t17-,19+,24?/m1/s1. The van der Waals surface area contributed by atoms with Crippen molar-refractivity contribution in [3.8, 4) is 0 Å². The van der Waals surface area contributed by atoms with Gasteiger partial charge in [0.1, 0.15) is 11.1 Å². The summed E-state index contributed by atoms with van der Waals surface area (Å²) in [7, 11) is 1.21. The molecule has 3 atom stereocenters. The molecule has 1 amide bonds. The number of ether oxygens (including phenoxy) is 3. The number of benzene rings is 1. The first kappa shape index (κ1) is 25.8. The zero-order valence-corrected chi connectivity index (χ0v) is 19.6. The zero-order chi connectivity index (χ0) is 23.9. The van der Waals surface area contributed by atoms with Gasteiger partial charge >= 0.3 is 12.1 Å². The molecule has 1 saturated heterocycles. The Morgan fingerprint density at radius 2 is 1.84 bits per heavy atom. The molecule has 1 unspecified atom stereocenters. The number of rotatable bonds is 9. The van der Waals surface area contributed by atoms with Gasteiger partial charge in [-0.2, -0.15) is 0 Å². The van der Waals surface area contributed by atoms with Crippen molar-refractivity contribution in [2.75, 3.05) is 20.3 Å². The first-order valence-corrected chi connectivity index (χ1v) is 10.9. The maximum absolute atomic E-state index is 13.6. The number of carbonyl (C=O) groups is 3. The van der Waals surface area contributed by atoms with Crippen molar-refractivity contribution in [1.82, 2.24) is 4.90 Å². The second-order valence-corrected chi connectivity index (χ2v) is 9.24. The number of aliphatic hydroxyl groups excluding tert-OH is 1. The average molecular weight is 450 g/mol. The van der Waals surface area contributed by atoms with Gasteiger partial charge in [0.15, 0.2) is 5.78 Å². The molecule has 178 valence electrons. The monoisotopic (exact) mass is 449 g/mol. The number of hydrogen-bond donors (Lipinski definition) is 1. The first-order valence-electron chi connectivity index (χ1n) is 10.9. The van der Waals surface area contributed by atoms with Crippen molar-refractivity contribution in [2.24, 2.45) is 5.92 Å². The number of carbonyl (C=O) groups excluding carboxylic acids is 3. The summed E-state index contributed by atoms with van der Waals surface area (Å²) < 4.78 is 16.2. The van der Waals surface area contributed by atoms with E-state index in [1.807, 2.05) is 30.3 Å². The predicted octanol–water partition coefficient (Wildman–Crippen LogP) is 3.10. The van der Waals surface area contributed by atoms with Crippen LogP contribution >= 0.6 is 0 Å². The first-order chi connectivity index (χ1) is 15.0. The number of hydrogen-bond acceptors (Lipinski definition) is 7. The highest BCUT2D eigenvalue weighted by Gasteiger charge is 2.51. The molecule has 1 aliphatic heterocycles. The quantitative estimate of drug-likeness (QED) is 0.578. The summed E-state index contributed by atoms with van der Waals surface area (Å²) in [5.74, 6) is -2.06. The van der Waals surface area contributed by atoms with Gasteiger partial charge in [0.05, 0.1) is 32.3 Å². The van der Waals surface area contributed by atoms with Crippen molar-refractivity contribution in [3.63, 3.8) is 0 Å². The number of likely N-dealkylation sites (tertiary alicyclic amines) is 1. The lowest BCUT2D eigenvalue weighted by Gasteiger charge is -2.38. The van der Waals surface area contributed by atoms with Gasteiger partial charge in [-0.3, -0.25) is 14.5 Å². The van der Waals surface area contributed by atoms with Crippen LogP contribution in [-0.2, 0) is 30.4 Å². The van der Waals surface area contributed by atoms with Gasteiger partial charge in [-0.25, -0.2) is 4.79 Å². The van der Waals surface area contributed by atoms with Gasteiger partial charge in [0.2, 0.25) is 0 Å². The molecule has 8 heteroatoms. The van der Waals surface area contributed by atoms with Crippen LogP contribution < -0.4 is 0 Å². The van der Waals surface area contributed by atoms with Gasteiger partial charge in [-0.1, -0.05) is 30.3 Å². The number of esters is 1. The molecule has 0 aromatic heterocycles. The summed E-state index contributed by atoms with van der Waals surface area (Å²) in [6, 6.07) is 9.52. The molecule has 0 saturated carbocycles. The average Bonchev–Trinajstić information content (AvgIpc) is 3.16. The van der Waals surface area contributed by atoms with E-state index in [0.717, 1.165) is 5.56 Å². The lowest BCUT2D eigenvalue weighted by molar-refractivity contribution is -0.153. The van der Waals surface area contributed by atoms with Crippen molar-refractivity contribution < 1.29 is 33.7 Å². The highest BCUT2D eigenvalue weighted by molar-refractivity contribution is 5.95. The molecule has 2 rings (SSSR count). The maximum Gasteiger partial charge on any atom is 0.411 e. The van der Waals surface area contributed by atoms with Gasteiger partial charge in [0.25, 0.3) is 0 Å². The molecule has 0 bridgehead atoms. The number of amides is 1. The number of aliphatic hydroxyl groups is 1. The summed E-state index contributed by atoms with van der Waals surface area (Å²) in [4.78, 5) is 40.1. The van der Waals surface area contributed by atoms with Crippen molar-refractivity contribution >= 4 is 17.8 Å². The SMILES string of the molecule is COC(=O)[C@@H](CC(=O)C1(COCc2ccccc2)CCCN1C(=O)OC(C)(C)C)[C@@H](C)O. The van der Waals surface area contributed by atoms with Gasteiger partial charge < -0.3 is 19.3 Å². The molecule has 1 aromatic carbocycles. The molecule has 0 spiro atoms. The lowest BCUT2D eigenvalue weighted by Crippen LogP contribution is -2.57. The van der Waals surface area contributed by atoms with Gasteiger partial charge in [-0.05, 0) is 46.1 Å². The highest BCUT2D eigenvalue weighted by atomic mass is 16.6. The van der Waals surface area contributed by atoms with E-state index < -0.39 is 35.2 Å². The Morgan fingerprint density at radius 1 is 1.19 bits per heavy atom. The van der Waals surface area contributed by atoms with Crippen molar-refractivity contribution in [3.05, 3.63) is 35.9 Å². The topological polar surface area (TPSA) is 102 Å². The van der Waals surface area contributed by atoms with Crippen molar-refractivity contribution in [1.29, 1.82) is 0 Å². The fourth-order valence-corrected chi connectivity index (χ4v) is 3.89. The predicted molar refractivity (Wildman–Crippen MR) is 118 cm³/mol. The second kappa shape index (κ2) is 10.9. The van der Waals surface area contributed by atoms with E-state index in [0.29, 0.717) is 19.4 Å². The number of nitrogens with zero attached hydrogens (tertiary/aromatic N) is 1. The minimum Gasteiger partial charge on any atom is -0.469 e. The molecule has 1 heterocycles. The Kier molecular flexibility index (Phi) is 8.81. The fraction of sp³-hybridized carbons (Fsp3) is 0.625.